The van der Waals surface area contributed by atoms with Crippen molar-refractivity contribution in [1.82, 2.24) is 0 Å². The molecule has 1 rings (SSSR count). The largest absolute Gasteiger partial charge is 0.390 e. The first kappa shape index (κ1) is 6.59. The SMILES string of the molecule is NC=NC1CCCCC1. The van der Waals surface area contributed by atoms with Crippen LogP contribution in [-0.4, -0.2) is 12.4 Å². The molecule has 0 aromatic carbocycles. The normalized spacial score (nSPS) is 23.1. The van der Waals surface area contributed by atoms with Crippen molar-refractivity contribution in [2.24, 2.45) is 10.7 Å². The van der Waals surface area contributed by atoms with E-state index in [9.17, 15) is 0 Å². The van der Waals surface area contributed by atoms with E-state index in [2.05, 4.69) is 4.99 Å². The van der Waals surface area contributed by atoms with E-state index < -0.39 is 0 Å². The zero-order valence-corrected chi connectivity index (χ0v) is 5.71. The average molecular weight is 126 g/mol. The maximum absolute atomic E-state index is 5.17. The third-order valence-corrected chi connectivity index (χ3v) is 1.87. The van der Waals surface area contributed by atoms with Gasteiger partial charge in [0.2, 0.25) is 0 Å². The first-order chi connectivity index (χ1) is 4.43. The van der Waals surface area contributed by atoms with Crippen LogP contribution in [0.3, 0.4) is 0 Å². The van der Waals surface area contributed by atoms with Crippen LogP contribution >= 0.6 is 0 Å². The summed E-state index contributed by atoms with van der Waals surface area (Å²) in [5.41, 5.74) is 5.17. The van der Waals surface area contributed by atoms with E-state index in [-0.39, 0.29) is 0 Å². The fraction of sp³-hybridized carbons (Fsp3) is 0.857. The molecular formula is C7H14N2. The summed E-state index contributed by atoms with van der Waals surface area (Å²) in [5, 5.41) is 0. The average Bonchev–Trinajstić information content (AvgIpc) is 1.91. The topological polar surface area (TPSA) is 38.4 Å². The molecule has 9 heavy (non-hydrogen) atoms. The molecule has 0 atom stereocenters. The Hall–Kier alpha value is -0.530. The number of hydrogen-bond acceptors (Lipinski definition) is 1. The molecule has 1 aliphatic rings. The highest BCUT2D eigenvalue weighted by Crippen LogP contribution is 2.19. The van der Waals surface area contributed by atoms with Gasteiger partial charge in [0.25, 0.3) is 0 Å². The van der Waals surface area contributed by atoms with Gasteiger partial charge >= 0.3 is 0 Å². The molecule has 0 aromatic heterocycles. The van der Waals surface area contributed by atoms with Crippen LogP contribution in [0.15, 0.2) is 4.99 Å². The number of aliphatic imine (C=N–C) groups is 1. The summed E-state index contributed by atoms with van der Waals surface area (Å²) in [6, 6.07) is 0.545. The minimum absolute atomic E-state index is 0.545. The molecule has 0 heterocycles. The Morgan fingerprint density at radius 2 is 1.89 bits per heavy atom. The predicted molar refractivity (Wildman–Crippen MR) is 39.6 cm³/mol. The van der Waals surface area contributed by atoms with Gasteiger partial charge in [0.1, 0.15) is 0 Å². The molecule has 1 saturated carbocycles. The lowest BCUT2D eigenvalue weighted by Gasteiger charge is -2.16. The highest BCUT2D eigenvalue weighted by Gasteiger charge is 2.09. The Morgan fingerprint density at radius 1 is 1.22 bits per heavy atom. The van der Waals surface area contributed by atoms with Crippen molar-refractivity contribution in [2.45, 2.75) is 38.1 Å². The Labute approximate surface area is 56.2 Å². The molecule has 0 amide bonds. The second-order valence-electron chi connectivity index (χ2n) is 2.59. The van der Waals surface area contributed by atoms with E-state index in [4.69, 9.17) is 5.73 Å². The Bertz CT molecular complexity index is 93.1. The lowest BCUT2D eigenvalue weighted by molar-refractivity contribution is 0.444. The molecule has 0 aliphatic heterocycles. The van der Waals surface area contributed by atoms with Crippen molar-refractivity contribution in [1.29, 1.82) is 0 Å². The van der Waals surface area contributed by atoms with Crippen LogP contribution in [0.4, 0.5) is 0 Å². The van der Waals surface area contributed by atoms with Crippen molar-refractivity contribution in [3.8, 4) is 0 Å². The second-order valence-corrected chi connectivity index (χ2v) is 2.59. The van der Waals surface area contributed by atoms with Gasteiger partial charge in [-0.25, -0.2) is 0 Å². The summed E-state index contributed by atoms with van der Waals surface area (Å²) in [4.78, 5) is 4.14. The zero-order chi connectivity index (χ0) is 6.53. The summed E-state index contributed by atoms with van der Waals surface area (Å²) in [5.74, 6) is 0. The van der Waals surface area contributed by atoms with Crippen LogP contribution in [0, 0.1) is 0 Å². The fourth-order valence-electron chi connectivity index (χ4n) is 1.35. The lowest BCUT2D eigenvalue weighted by atomic mass is 9.96. The fourth-order valence-corrected chi connectivity index (χ4v) is 1.35. The van der Waals surface area contributed by atoms with Crippen molar-refractivity contribution in [3.63, 3.8) is 0 Å². The van der Waals surface area contributed by atoms with Crippen molar-refractivity contribution in [2.75, 3.05) is 0 Å². The highest BCUT2D eigenvalue weighted by molar-refractivity contribution is 5.51. The van der Waals surface area contributed by atoms with E-state index in [0.717, 1.165) is 0 Å². The monoisotopic (exact) mass is 126 g/mol. The molecule has 1 fully saturated rings. The number of hydrogen-bond donors (Lipinski definition) is 1. The van der Waals surface area contributed by atoms with Gasteiger partial charge in [0.15, 0.2) is 0 Å². The molecular weight excluding hydrogens is 112 g/mol. The molecule has 0 unspecified atom stereocenters. The van der Waals surface area contributed by atoms with E-state index >= 15 is 0 Å². The zero-order valence-electron chi connectivity index (χ0n) is 5.71. The van der Waals surface area contributed by atoms with Gasteiger partial charge in [-0.3, -0.25) is 4.99 Å². The number of nitrogens with zero attached hydrogens (tertiary/aromatic N) is 1. The molecule has 2 N–H and O–H groups in total. The van der Waals surface area contributed by atoms with Crippen LogP contribution in [0.5, 0.6) is 0 Å². The first-order valence-corrected chi connectivity index (χ1v) is 3.67. The Morgan fingerprint density at radius 3 is 2.44 bits per heavy atom. The second kappa shape index (κ2) is 3.49. The van der Waals surface area contributed by atoms with Gasteiger partial charge in [0, 0.05) is 0 Å². The highest BCUT2D eigenvalue weighted by atomic mass is 14.8. The minimum atomic E-state index is 0.545. The van der Waals surface area contributed by atoms with Gasteiger partial charge < -0.3 is 5.73 Å². The van der Waals surface area contributed by atoms with E-state index in [1.165, 1.54) is 38.4 Å². The van der Waals surface area contributed by atoms with Gasteiger partial charge in [-0.15, -0.1) is 0 Å². The predicted octanol–water partition coefficient (Wildman–Crippen LogP) is 1.31. The standard InChI is InChI=1S/C7H14N2/c8-6-9-7-4-2-1-3-5-7/h6-7H,1-5H2,(H2,8,9). The van der Waals surface area contributed by atoms with Crippen LogP contribution in [0.2, 0.25) is 0 Å². The van der Waals surface area contributed by atoms with Gasteiger partial charge in [0.05, 0.1) is 12.4 Å². The number of nitrogens with two attached hydrogens (primary N) is 1. The third kappa shape index (κ3) is 2.04. The summed E-state index contributed by atoms with van der Waals surface area (Å²) in [6.45, 7) is 0. The molecule has 2 heteroatoms. The van der Waals surface area contributed by atoms with Crippen molar-refractivity contribution < 1.29 is 0 Å². The van der Waals surface area contributed by atoms with E-state index in [1.54, 1.807) is 0 Å². The van der Waals surface area contributed by atoms with Crippen molar-refractivity contribution in [3.05, 3.63) is 0 Å². The summed E-state index contributed by atoms with van der Waals surface area (Å²) in [6.07, 6.45) is 7.98. The smallest absolute Gasteiger partial charge is 0.0801 e. The summed E-state index contributed by atoms with van der Waals surface area (Å²) >= 11 is 0. The maximum Gasteiger partial charge on any atom is 0.0801 e. The molecule has 0 saturated heterocycles. The molecule has 1 aliphatic carbocycles. The summed E-state index contributed by atoms with van der Waals surface area (Å²) < 4.78 is 0. The molecule has 0 bridgehead atoms. The Kier molecular flexibility index (Phi) is 2.55. The molecule has 0 aromatic rings. The van der Waals surface area contributed by atoms with E-state index in [1.807, 2.05) is 0 Å². The number of rotatable bonds is 1. The van der Waals surface area contributed by atoms with Gasteiger partial charge in [-0.2, -0.15) is 0 Å². The summed E-state index contributed by atoms with van der Waals surface area (Å²) in [7, 11) is 0. The molecule has 0 radical (unpaired) electrons. The van der Waals surface area contributed by atoms with Gasteiger partial charge in [-0.1, -0.05) is 19.3 Å². The Balaban J connectivity index is 2.23. The van der Waals surface area contributed by atoms with Crippen molar-refractivity contribution >= 4 is 6.34 Å². The van der Waals surface area contributed by atoms with E-state index in [0.29, 0.717) is 6.04 Å². The molecule has 2 nitrogen and oxygen atoms in total. The molecule has 0 spiro atoms. The third-order valence-electron chi connectivity index (χ3n) is 1.87. The molecule has 52 valence electrons. The van der Waals surface area contributed by atoms with Crippen LogP contribution < -0.4 is 5.73 Å². The first-order valence-electron chi connectivity index (χ1n) is 3.67. The quantitative estimate of drug-likeness (QED) is 0.417. The van der Waals surface area contributed by atoms with Crippen LogP contribution in [0.25, 0.3) is 0 Å². The minimum Gasteiger partial charge on any atom is -0.390 e. The van der Waals surface area contributed by atoms with Gasteiger partial charge in [-0.05, 0) is 12.8 Å². The van der Waals surface area contributed by atoms with Crippen LogP contribution in [-0.2, 0) is 0 Å². The maximum atomic E-state index is 5.17. The lowest BCUT2D eigenvalue weighted by Crippen LogP contribution is -2.10. The van der Waals surface area contributed by atoms with Crippen LogP contribution in [0.1, 0.15) is 32.1 Å².